The van der Waals surface area contributed by atoms with Gasteiger partial charge in [-0.25, -0.2) is 0 Å². The molecule has 0 aliphatic rings. The molecular formula is C16H15BrCl2. The molecule has 0 spiro atoms. The monoisotopic (exact) mass is 356 g/mol. The molecule has 0 aliphatic heterocycles. The van der Waals surface area contributed by atoms with Gasteiger partial charge < -0.3 is 0 Å². The molecule has 1 unspecified atom stereocenters. The zero-order valence-corrected chi connectivity index (χ0v) is 14.0. The molecule has 2 aromatic rings. The summed E-state index contributed by atoms with van der Waals surface area (Å²) in [6.07, 6.45) is 0.815. The van der Waals surface area contributed by atoms with E-state index in [1.807, 2.05) is 18.2 Å². The van der Waals surface area contributed by atoms with Gasteiger partial charge in [-0.1, -0.05) is 57.4 Å². The van der Waals surface area contributed by atoms with Gasteiger partial charge in [-0.2, -0.15) is 0 Å². The van der Waals surface area contributed by atoms with Gasteiger partial charge in [-0.05, 0) is 49.1 Å². The van der Waals surface area contributed by atoms with Crippen LogP contribution in [0.15, 0.2) is 40.9 Å². The number of alkyl halides is 1. The summed E-state index contributed by atoms with van der Waals surface area (Å²) in [5.74, 6) is 0. The molecule has 0 N–H and O–H groups in total. The number of aryl methyl sites for hydroxylation is 2. The van der Waals surface area contributed by atoms with Gasteiger partial charge in [0.1, 0.15) is 0 Å². The molecule has 19 heavy (non-hydrogen) atoms. The molecule has 1 atom stereocenters. The summed E-state index contributed by atoms with van der Waals surface area (Å²) in [6, 6.07) is 12.2. The fourth-order valence-corrected chi connectivity index (χ4v) is 3.53. The van der Waals surface area contributed by atoms with Crippen molar-refractivity contribution in [1.29, 1.82) is 0 Å². The summed E-state index contributed by atoms with van der Waals surface area (Å²) in [4.78, 5) is 0. The number of benzene rings is 2. The van der Waals surface area contributed by atoms with Crippen molar-refractivity contribution >= 4 is 39.1 Å². The Morgan fingerprint density at radius 3 is 2.53 bits per heavy atom. The van der Waals surface area contributed by atoms with Gasteiger partial charge >= 0.3 is 0 Å². The zero-order chi connectivity index (χ0) is 14.0. The minimum Gasteiger partial charge on any atom is -0.117 e. The van der Waals surface area contributed by atoms with Gasteiger partial charge in [0.2, 0.25) is 0 Å². The minimum atomic E-state index is -0.0628. The highest BCUT2D eigenvalue weighted by atomic mass is 79.9. The summed E-state index contributed by atoms with van der Waals surface area (Å²) >= 11 is 16.0. The molecule has 100 valence electrons. The van der Waals surface area contributed by atoms with Crippen molar-refractivity contribution in [2.45, 2.75) is 25.6 Å². The van der Waals surface area contributed by atoms with E-state index in [-0.39, 0.29) is 5.38 Å². The standard InChI is InChI=1S/C16H15BrCl2/c1-10-3-4-11(2)12(7-10)8-16(19)14-6-5-13(18)9-15(14)17/h3-7,9,16H,8H2,1-2H3. The first-order chi connectivity index (χ1) is 8.97. The van der Waals surface area contributed by atoms with Crippen LogP contribution in [-0.2, 0) is 6.42 Å². The molecule has 0 nitrogen and oxygen atoms in total. The van der Waals surface area contributed by atoms with Crippen LogP contribution in [0.3, 0.4) is 0 Å². The second kappa shape index (κ2) is 6.30. The van der Waals surface area contributed by atoms with E-state index in [0.717, 1.165) is 16.5 Å². The van der Waals surface area contributed by atoms with Crippen molar-refractivity contribution < 1.29 is 0 Å². The molecule has 2 rings (SSSR count). The van der Waals surface area contributed by atoms with E-state index in [2.05, 4.69) is 48.0 Å². The number of hydrogen-bond acceptors (Lipinski definition) is 0. The third-order valence-corrected chi connectivity index (χ3v) is 4.51. The summed E-state index contributed by atoms with van der Waals surface area (Å²) in [5, 5.41) is 0.651. The number of hydrogen-bond donors (Lipinski definition) is 0. The molecule has 0 fully saturated rings. The smallest absolute Gasteiger partial charge is 0.0636 e. The summed E-state index contributed by atoms with van der Waals surface area (Å²) in [5.41, 5.74) is 4.91. The molecular weight excluding hydrogens is 343 g/mol. The first-order valence-corrected chi connectivity index (χ1v) is 7.73. The third kappa shape index (κ3) is 3.75. The van der Waals surface area contributed by atoms with E-state index >= 15 is 0 Å². The largest absolute Gasteiger partial charge is 0.117 e. The minimum absolute atomic E-state index is 0.0628. The average molecular weight is 358 g/mol. The normalized spacial score (nSPS) is 12.5. The highest BCUT2D eigenvalue weighted by Crippen LogP contribution is 2.33. The lowest BCUT2D eigenvalue weighted by Crippen LogP contribution is -1.99. The van der Waals surface area contributed by atoms with Crippen LogP contribution < -0.4 is 0 Å². The fraction of sp³-hybridized carbons (Fsp3) is 0.250. The van der Waals surface area contributed by atoms with Crippen LogP contribution in [0.25, 0.3) is 0 Å². The Kier molecular flexibility index (Phi) is 4.94. The molecule has 0 heterocycles. The van der Waals surface area contributed by atoms with Gasteiger partial charge in [-0.3, -0.25) is 0 Å². The van der Waals surface area contributed by atoms with Gasteiger partial charge in [0.05, 0.1) is 5.38 Å². The van der Waals surface area contributed by atoms with Crippen LogP contribution in [-0.4, -0.2) is 0 Å². The molecule has 3 heteroatoms. The van der Waals surface area contributed by atoms with E-state index in [9.17, 15) is 0 Å². The predicted molar refractivity (Wildman–Crippen MR) is 87.4 cm³/mol. The van der Waals surface area contributed by atoms with Crippen LogP contribution in [0.4, 0.5) is 0 Å². The third-order valence-electron chi connectivity index (χ3n) is 3.20. The van der Waals surface area contributed by atoms with E-state index < -0.39 is 0 Å². The average Bonchev–Trinajstić information content (AvgIpc) is 2.33. The fourth-order valence-electron chi connectivity index (χ4n) is 2.08. The Hall–Kier alpha value is -0.500. The van der Waals surface area contributed by atoms with E-state index in [4.69, 9.17) is 23.2 Å². The number of halogens is 3. The maximum absolute atomic E-state index is 6.55. The van der Waals surface area contributed by atoms with E-state index in [1.54, 1.807) is 0 Å². The Labute approximate surface area is 132 Å². The van der Waals surface area contributed by atoms with Gasteiger partial charge in [0.25, 0.3) is 0 Å². The molecule has 0 bridgehead atoms. The zero-order valence-electron chi connectivity index (χ0n) is 10.9. The van der Waals surface area contributed by atoms with Crippen LogP contribution in [0.1, 0.15) is 27.6 Å². The van der Waals surface area contributed by atoms with Crippen molar-refractivity contribution in [3.05, 3.63) is 68.1 Å². The highest BCUT2D eigenvalue weighted by molar-refractivity contribution is 9.10. The molecule has 0 saturated heterocycles. The topological polar surface area (TPSA) is 0 Å². The first-order valence-electron chi connectivity index (χ1n) is 6.12. The van der Waals surface area contributed by atoms with Crippen LogP contribution in [0.5, 0.6) is 0 Å². The molecule has 0 aliphatic carbocycles. The molecule has 2 aromatic carbocycles. The SMILES string of the molecule is Cc1ccc(C)c(CC(Cl)c2ccc(Cl)cc2Br)c1. The molecule has 0 saturated carbocycles. The van der Waals surface area contributed by atoms with Crippen LogP contribution in [0.2, 0.25) is 5.02 Å². The molecule has 0 aromatic heterocycles. The van der Waals surface area contributed by atoms with E-state index in [0.29, 0.717) is 5.02 Å². The number of rotatable bonds is 3. The predicted octanol–water partition coefficient (Wildman–Crippen LogP) is 6.24. The van der Waals surface area contributed by atoms with Crippen molar-refractivity contribution in [2.75, 3.05) is 0 Å². The van der Waals surface area contributed by atoms with Crippen molar-refractivity contribution in [3.8, 4) is 0 Å². The second-order valence-corrected chi connectivity index (χ2v) is 6.59. The van der Waals surface area contributed by atoms with Crippen molar-refractivity contribution in [1.82, 2.24) is 0 Å². The maximum Gasteiger partial charge on any atom is 0.0636 e. The Morgan fingerprint density at radius 1 is 1.11 bits per heavy atom. The Balaban J connectivity index is 2.25. The van der Waals surface area contributed by atoms with Crippen LogP contribution >= 0.6 is 39.1 Å². The van der Waals surface area contributed by atoms with Crippen molar-refractivity contribution in [3.63, 3.8) is 0 Å². The lowest BCUT2D eigenvalue weighted by Gasteiger charge is -2.14. The van der Waals surface area contributed by atoms with Crippen molar-refractivity contribution in [2.24, 2.45) is 0 Å². The Bertz CT molecular complexity index is 593. The first kappa shape index (κ1) is 14.9. The van der Waals surface area contributed by atoms with Gasteiger partial charge in [-0.15, -0.1) is 11.6 Å². The lowest BCUT2D eigenvalue weighted by atomic mass is 9.98. The Morgan fingerprint density at radius 2 is 1.84 bits per heavy atom. The van der Waals surface area contributed by atoms with Gasteiger partial charge in [0, 0.05) is 9.50 Å². The maximum atomic E-state index is 6.55. The second-order valence-electron chi connectivity index (χ2n) is 4.77. The summed E-state index contributed by atoms with van der Waals surface area (Å²) in [7, 11) is 0. The highest BCUT2D eigenvalue weighted by Gasteiger charge is 2.14. The quantitative estimate of drug-likeness (QED) is 0.570. The molecule has 0 amide bonds. The molecule has 0 radical (unpaired) electrons. The van der Waals surface area contributed by atoms with Gasteiger partial charge in [0.15, 0.2) is 0 Å². The lowest BCUT2D eigenvalue weighted by molar-refractivity contribution is 0.904. The summed E-state index contributed by atoms with van der Waals surface area (Å²) in [6.45, 7) is 4.22. The summed E-state index contributed by atoms with van der Waals surface area (Å²) < 4.78 is 0.963. The van der Waals surface area contributed by atoms with Crippen LogP contribution in [0, 0.1) is 13.8 Å². The van der Waals surface area contributed by atoms with E-state index in [1.165, 1.54) is 16.7 Å².